The zero-order chi connectivity index (χ0) is 24.5. The van der Waals surface area contributed by atoms with Crippen LogP contribution in [0.2, 0.25) is 0 Å². The molecule has 0 aliphatic carbocycles. The molecule has 178 valence electrons. The summed E-state index contributed by atoms with van der Waals surface area (Å²) < 4.78 is 1.76. The minimum atomic E-state index is -0.118. The van der Waals surface area contributed by atoms with E-state index in [1.165, 1.54) is 17.5 Å². The summed E-state index contributed by atoms with van der Waals surface area (Å²) in [5.41, 5.74) is 10.3. The third-order valence-corrected chi connectivity index (χ3v) is 6.93. The Bertz CT molecular complexity index is 1430. The van der Waals surface area contributed by atoms with E-state index in [0.29, 0.717) is 28.7 Å². The normalized spacial score (nSPS) is 15.6. The number of anilines is 1. The number of amides is 1. The van der Waals surface area contributed by atoms with Crippen LogP contribution in [-0.4, -0.2) is 60.8 Å². The number of nitrogens with zero attached hydrogens (tertiary/aromatic N) is 7. The quantitative estimate of drug-likeness (QED) is 0.423. The number of likely N-dealkylation sites (tertiary alicyclic amines) is 1. The van der Waals surface area contributed by atoms with Gasteiger partial charge in [0.25, 0.3) is 5.91 Å². The van der Waals surface area contributed by atoms with Crippen molar-refractivity contribution in [3.8, 4) is 28.0 Å². The maximum atomic E-state index is 13.0. The molecule has 1 fully saturated rings. The number of nitrogens with two attached hydrogens (primary N) is 1. The molecular formula is C24H25N9OS. The summed E-state index contributed by atoms with van der Waals surface area (Å²) in [4.78, 5) is 19.5. The van der Waals surface area contributed by atoms with Crippen molar-refractivity contribution in [1.82, 2.24) is 29.7 Å². The molecular weight excluding hydrogens is 462 g/mol. The number of hydrogen-bond acceptors (Lipinski definition) is 9. The van der Waals surface area contributed by atoms with Crippen LogP contribution in [0, 0.1) is 11.3 Å². The van der Waals surface area contributed by atoms with Crippen molar-refractivity contribution >= 4 is 28.4 Å². The van der Waals surface area contributed by atoms with Crippen molar-refractivity contribution < 1.29 is 4.79 Å². The van der Waals surface area contributed by atoms with Gasteiger partial charge in [0, 0.05) is 37.1 Å². The molecule has 5 heterocycles. The van der Waals surface area contributed by atoms with Crippen molar-refractivity contribution in [2.24, 2.45) is 5.73 Å². The fraction of sp³-hybridized carbons (Fsp3) is 0.333. The zero-order valence-corrected chi connectivity index (χ0v) is 20.3. The highest BCUT2D eigenvalue weighted by Gasteiger charge is 2.30. The van der Waals surface area contributed by atoms with Gasteiger partial charge in [0.05, 0.1) is 34.2 Å². The molecule has 0 radical (unpaired) electrons. The van der Waals surface area contributed by atoms with Crippen molar-refractivity contribution in [2.75, 3.05) is 18.4 Å². The third-order valence-electron chi connectivity index (χ3n) is 5.99. The van der Waals surface area contributed by atoms with Crippen LogP contribution in [0.1, 0.15) is 42.1 Å². The molecule has 4 aromatic heterocycles. The number of aromatic nitrogens is 5. The number of nitrogens with one attached hydrogen (secondary N) is 1. The molecule has 35 heavy (non-hydrogen) atoms. The van der Waals surface area contributed by atoms with E-state index in [-0.39, 0.29) is 18.0 Å². The predicted octanol–water partition coefficient (Wildman–Crippen LogP) is 3.17. The summed E-state index contributed by atoms with van der Waals surface area (Å²) >= 11 is 1.26. The molecule has 10 nitrogen and oxygen atoms in total. The molecule has 1 atom stereocenters. The van der Waals surface area contributed by atoms with E-state index in [9.17, 15) is 4.79 Å². The minimum Gasteiger partial charge on any atom is -0.382 e. The predicted molar refractivity (Wildman–Crippen MR) is 134 cm³/mol. The van der Waals surface area contributed by atoms with Gasteiger partial charge < -0.3 is 16.0 Å². The number of hydrogen-bond donors (Lipinski definition) is 2. The lowest BCUT2D eigenvalue weighted by Gasteiger charge is -2.21. The van der Waals surface area contributed by atoms with E-state index in [0.717, 1.165) is 41.0 Å². The van der Waals surface area contributed by atoms with Crippen LogP contribution in [0.4, 0.5) is 5.69 Å². The molecule has 0 saturated carbocycles. The summed E-state index contributed by atoms with van der Waals surface area (Å²) in [6.07, 6.45) is 5.15. The van der Waals surface area contributed by atoms with Crippen LogP contribution >= 0.6 is 11.3 Å². The lowest BCUT2D eigenvalue weighted by atomic mass is 10.1. The maximum Gasteiger partial charge on any atom is 0.285 e. The fourth-order valence-corrected chi connectivity index (χ4v) is 5.16. The Kier molecular flexibility index (Phi) is 6.15. The van der Waals surface area contributed by atoms with Gasteiger partial charge in [-0.15, -0.1) is 10.2 Å². The molecule has 0 bridgehead atoms. The Morgan fingerprint density at radius 3 is 2.94 bits per heavy atom. The first-order valence-corrected chi connectivity index (χ1v) is 12.3. The molecule has 3 N–H and O–H groups in total. The molecule has 1 aliphatic rings. The first-order valence-electron chi connectivity index (χ1n) is 11.5. The van der Waals surface area contributed by atoms with Gasteiger partial charge in [0.15, 0.2) is 5.01 Å². The molecule has 1 aliphatic heterocycles. The van der Waals surface area contributed by atoms with E-state index < -0.39 is 0 Å². The van der Waals surface area contributed by atoms with Crippen molar-refractivity contribution in [1.29, 1.82) is 5.26 Å². The second-order valence-corrected chi connectivity index (χ2v) is 9.75. The monoisotopic (exact) mass is 487 g/mol. The SMILES string of the molecule is CC(C)Nc1cc(-c2ccc3cc(C#N)cnn23)ncc1-c1nnc(C(=O)N2CCC[C@@H]2CN)s1. The highest BCUT2D eigenvalue weighted by atomic mass is 32.1. The van der Waals surface area contributed by atoms with Gasteiger partial charge in [-0.1, -0.05) is 11.3 Å². The van der Waals surface area contributed by atoms with E-state index in [4.69, 9.17) is 11.0 Å². The van der Waals surface area contributed by atoms with Gasteiger partial charge in [0.1, 0.15) is 6.07 Å². The standard InChI is InChI=1S/C24H25N9OS/c1-14(2)29-19-9-20(21-6-5-16-8-15(10-25)12-28-33(16)21)27-13-18(19)22-30-31-23(35-22)24(34)32-7-3-4-17(32)11-26/h5-6,8-9,12-14,17H,3-4,7,11,26H2,1-2H3,(H,27,29)/t17-/m1/s1. The third kappa shape index (κ3) is 4.34. The number of nitriles is 1. The van der Waals surface area contributed by atoms with Crippen molar-refractivity contribution in [3.05, 3.63) is 47.2 Å². The second kappa shape index (κ2) is 9.40. The molecule has 11 heteroatoms. The fourth-order valence-electron chi connectivity index (χ4n) is 4.34. The van der Waals surface area contributed by atoms with E-state index in [2.05, 4.69) is 45.5 Å². The Hall–Kier alpha value is -3.88. The van der Waals surface area contributed by atoms with E-state index in [1.54, 1.807) is 21.7 Å². The van der Waals surface area contributed by atoms with Gasteiger partial charge in [-0.2, -0.15) is 10.4 Å². The smallest absolute Gasteiger partial charge is 0.285 e. The summed E-state index contributed by atoms with van der Waals surface area (Å²) in [5, 5.41) is 26.5. The topological polar surface area (TPSA) is 138 Å². The number of fused-ring (bicyclic) bond motifs is 1. The summed E-state index contributed by atoms with van der Waals surface area (Å²) in [6.45, 7) is 5.25. The Labute approximate surface area is 206 Å². The lowest BCUT2D eigenvalue weighted by molar-refractivity contribution is 0.0740. The summed E-state index contributed by atoms with van der Waals surface area (Å²) in [7, 11) is 0. The van der Waals surface area contributed by atoms with Crippen LogP contribution in [-0.2, 0) is 0 Å². The number of carbonyl (C=O) groups excluding carboxylic acids is 1. The van der Waals surface area contributed by atoms with E-state index in [1.807, 2.05) is 18.2 Å². The molecule has 0 unspecified atom stereocenters. The van der Waals surface area contributed by atoms with Gasteiger partial charge in [-0.3, -0.25) is 9.78 Å². The zero-order valence-electron chi connectivity index (χ0n) is 19.5. The first-order chi connectivity index (χ1) is 17.0. The van der Waals surface area contributed by atoms with Crippen LogP contribution in [0.15, 0.2) is 36.7 Å². The Morgan fingerprint density at radius 1 is 1.31 bits per heavy atom. The second-order valence-electron chi connectivity index (χ2n) is 8.77. The van der Waals surface area contributed by atoms with Crippen LogP contribution in [0.25, 0.3) is 27.5 Å². The molecule has 1 amide bonds. The average Bonchev–Trinajstić information content (AvgIpc) is 3.62. The van der Waals surface area contributed by atoms with E-state index >= 15 is 0 Å². The van der Waals surface area contributed by atoms with Crippen LogP contribution < -0.4 is 11.1 Å². The highest BCUT2D eigenvalue weighted by molar-refractivity contribution is 7.16. The molecule has 0 aromatic carbocycles. The minimum absolute atomic E-state index is 0.0590. The molecule has 5 rings (SSSR count). The molecule has 4 aromatic rings. The van der Waals surface area contributed by atoms with Gasteiger partial charge in [-0.05, 0) is 51.0 Å². The average molecular weight is 488 g/mol. The molecule has 0 spiro atoms. The largest absolute Gasteiger partial charge is 0.382 e. The van der Waals surface area contributed by atoms with Gasteiger partial charge in [-0.25, -0.2) is 4.52 Å². The Balaban J connectivity index is 1.50. The number of pyridine rings is 1. The number of rotatable bonds is 6. The summed E-state index contributed by atoms with van der Waals surface area (Å²) in [5.74, 6) is -0.118. The maximum absolute atomic E-state index is 13.0. The lowest BCUT2D eigenvalue weighted by Crippen LogP contribution is -2.39. The number of carbonyl (C=O) groups is 1. The molecule has 1 saturated heterocycles. The van der Waals surface area contributed by atoms with Crippen LogP contribution in [0.5, 0.6) is 0 Å². The first kappa shape index (κ1) is 22.9. The van der Waals surface area contributed by atoms with Crippen LogP contribution in [0.3, 0.4) is 0 Å². The van der Waals surface area contributed by atoms with Crippen molar-refractivity contribution in [3.63, 3.8) is 0 Å². The van der Waals surface area contributed by atoms with Gasteiger partial charge in [0.2, 0.25) is 5.01 Å². The summed E-state index contributed by atoms with van der Waals surface area (Å²) in [6, 6.07) is 9.90. The highest BCUT2D eigenvalue weighted by Crippen LogP contribution is 2.34. The van der Waals surface area contributed by atoms with Gasteiger partial charge >= 0.3 is 0 Å². The Morgan fingerprint density at radius 2 is 2.17 bits per heavy atom. The van der Waals surface area contributed by atoms with Crippen molar-refractivity contribution in [2.45, 2.75) is 38.8 Å².